The maximum absolute atomic E-state index is 9.72. The van der Waals surface area contributed by atoms with Gasteiger partial charge in [0.1, 0.15) is 0 Å². The molecule has 2 saturated heterocycles. The van der Waals surface area contributed by atoms with E-state index in [4.69, 9.17) is 0 Å². The van der Waals surface area contributed by atoms with Crippen molar-refractivity contribution in [3.8, 4) is 0 Å². The van der Waals surface area contributed by atoms with Gasteiger partial charge in [0.15, 0.2) is 0 Å². The summed E-state index contributed by atoms with van der Waals surface area (Å²) in [6.07, 6.45) is 11.2. The Kier molecular flexibility index (Phi) is 4.77. The third kappa shape index (κ3) is 3.22. The maximum atomic E-state index is 9.72. The van der Waals surface area contributed by atoms with Crippen molar-refractivity contribution in [1.82, 2.24) is 0 Å². The predicted octanol–water partition coefficient (Wildman–Crippen LogP) is 3.47. The minimum Gasteiger partial charge on any atom is -0.396 e. The SMILES string of the molecule is OC[C@@H]1CCC[N+]2(CC=Cc3ccccc3)CCCC[C@H]12. The Labute approximate surface area is 128 Å². The molecule has 0 bridgehead atoms. The standard InChI is InChI=1S/C19H28NO/c21-16-18-11-7-15-20(13-5-4-12-19(18)20)14-6-10-17-8-2-1-3-9-17/h1-3,6,8-10,18-19,21H,4-5,7,11-16H2/q+1/t18-,19+,20?/m0/s1. The Morgan fingerprint density at radius 1 is 1.05 bits per heavy atom. The summed E-state index contributed by atoms with van der Waals surface area (Å²) in [7, 11) is 0. The topological polar surface area (TPSA) is 20.2 Å². The molecule has 2 nitrogen and oxygen atoms in total. The van der Waals surface area contributed by atoms with Crippen LogP contribution in [0.25, 0.3) is 6.08 Å². The molecule has 2 aliphatic heterocycles. The van der Waals surface area contributed by atoms with Crippen LogP contribution in [0.5, 0.6) is 0 Å². The van der Waals surface area contributed by atoms with Gasteiger partial charge in [-0.15, -0.1) is 0 Å². The zero-order chi connectivity index (χ0) is 14.5. The van der Waals surface area contributed by atoms with Crippen molar-refractivity contribution in [2.45, 2.75) is 38.1 Å². The molecule has 3 rings (SSSR count). The summed E-state index contributed by atoms with van der Waals surface area (Å²) in [4.78, 5) is 0. The average molecular weight is 286 g/mol. The number of hydrogen-bond acceptors (Lipinski definition) is 1. The van der Waals surface area contributed by atoms with Crippen LogP contribution < -0.4 is 0 Å². The molecule has 0 radical (unpaired) electrons. The highest BCUT2D eigenvalue weighted by atomic mass is 16.3. The number of rotatable bonds is 4. The van der Waals surface area contributed by atoms with Gasteiger partial charge in [-0.1, -0.05) is 36.4 Å². The Bertz CT molecular complexity index is 466. The molecule has 1 aromatic rings. The monoisotopic (exact) mass is 286 g/mol. The highest BCUT2D eigenvalue weighted by Crippen LogP contribution is 2.37. The van der Waals surface area contributed by atoms with Gasteiger partial charge in [0.25, 0.3) is 0 Å². The van der Waals surface area contributed by atoms with Gasteiger partial charge in [0.05, 0.1) is 32.3 Å². The van der Waals surface area contributed by atoms with Gasteiger partial charge in [-0.05, 0) is 37.3 Å². The van der Waals surface area contributed by atoms with Crippen LogP contribution >= 0.6 is 0 Å². The van der Waals surface area contributed by atoms with E-state index in [1.807, 2.05) is 0 Å². The number of piperidine rings is 2. The first-order valence-corrected chi connectivity index (χ1v) is 8.52. The van der Waals surface area contributed by atoms with E-state index in [-0.39, 0.29) is 0 Å². The summed E-state index contributed by atoms with van der Waals surface area (Å²) < 4.78 is 1.23. The molecule has 1 N–H and O–H groups in total. The summed E-state index contributed by atoms with van der Waals surface area (Å²) in [5.41, 5.74) is 1.29. The van der Waals surface area contributed by atoms with E-state index in [2.05, 4.69) is 42.5 Å². The molecule has 0 saturated carbocycles. The second kappa shape index (κ2) is 6.76. The number of fused-ring (bicyclic) bond motifs is 1. The van der Waals surface area contributed by atoms with E-state index < -0.39 is 0 Å². The van der Waals surface area contributed by atoms with E-state index in [1.165, 1.54) is 55.2 Å². The van der Waals surface area contributed by atoms with Gasteiger partial charge in [-0.2, -0.15) is 0 Å². The minimum absolute atomic E-state index is 0.382. The molecule has 0 aliphatic carbocycles. The van der Waals surface area contributed by atoms with Crippen LogP contribution in [0, 0.1) is 5.92 Å². The number of benzene rings is 1. The van der Waals surface area contributed by atoms with Gasteiger partial charge in [-0.3, -0.25) is 0 Å². The molecule has 0 spiro atoms. The predicted molar refractivity (Wildman–Crippen MR) is 87.8 cm³/mol. The van der Waals surface area contributed by atoms with Gasteiger partial charge in [0, 0.05) is 12.3 Å². The van der Waals surface area contributed by atoms with Crippen LogP contribution in [-0.4, -0.2) is 41.9 Å². The fourth-order valence-electron chi connectivity index (χ4n) is 4.53. The van der Waals surface area contributed by atoms with Crippen molar-refractivity contribution in [3.63, 3.8) is 0 Å². The number of hydrogen-bond donors (Lipinski definition) is 1. The molecular weight excluding hydrogens is 258 g/mol. The lowest BCUT2D eigenvalue weighted by Crippen LogP contribution is -2.63. The van der Waals surface area contributed by atoms with Crippen LogP contribution in [-0.2, 0) is 0 Å². The lowest BCUT2D eigenvalue weighted by molar-refractivity contribution is -0.959. The van der Waals surface area contributed by atoms with Gasteiger partial charge >= 0.3 is 0 Å². The molecule has 0 aromatic heterocycles. The van der Waals surface area contributed by atoms with Gasteiger partial charge in [0.2, 0.25) is 0 Å². The largest absolute Gasteiger partial charge is 0.396 e. The maximum Gasteiger partial charge on any atom is 0.0979 e. The van der Waals surface area contributed by atoms with Crippen LogP contribution in [0.1, 0.15) is 37.7 Å². The molecule has 1 unspecified atom stereocenters. The first kappa shape index (κ1) is 14.8. The molecule has 2 heterocycles. The second-order valence-electron chi connectivity index (χ2n) is 6.81. The number of aliphatic hydroxyl groups excluding tert-OH is 1. The van der Waals surface area contributed by atoms with Crippen molar-refractivity contribution < 1.29 is 9.59 Å². The summed E-state index contributed by atoms with van der Waals surface area (Å²) in [6, 6.07) is 11.3. The van der Waals surface area contributed by atoms with E-state index in [0.717, 1.165) is 6.54 Å². The zero-order valence-corrected chi connectivity index (χ0v) is 13.0. The van der Waals surface area contributed by atoms with Gasteiger partial charge < -0.3 is 9.59 Å². The average Bonchev–Trinajstić information content (AvgIpc) is 2.55. The molecule has 1 aromatic carbocycles. The third-order valence-electron chi connectivity index (χ3n) is 5.59. The summed E-state index contributed by atoms with van der Waals surface area (Å²) >= 11 is 0. The minimum atomic E-state index is 0.382. The normalized spacial score (nSPS) is 33.0. The Morgan fingerprint density at radius 3 is 2.67 bits per heavy atom. The molecular formula is C19H28NO+. The summed E-state index contributed by atoms with van der Waals surface area (Å²) in [6.45, 7) is 4.13. The van der Waals surface area contributed by atoms with E-state index >= 15 is 0 Å². The number of nitrogens with zero attached hydrogens (tertiary/aromatic N) is 1. The van der Waals surface area contributed by atoms with Gasteiger partial charge in [-0.25, -0.2) is 0 Å². The summed E-state index contributed by atoms with van der Waals surface area (Å²) in [5, 5.41) is 9.72. The third-order valence-corrected chi connectivity index (χ3v) is 5.59. The van der Waals surface area contributed by atoms with E-state index in [1.54, 1.807) is 0 Å². The molecule has 2 aliphatic rings. The van der Waals surface area contributed by atoms with Crippen molar-refractivity contribution in [3.05, 3.63) is 42.0 Å². The van der Waals surface area contributed by atoms with Crippen LogP contribution in [0.4, 0.5) is 0 Å². The fourth-order valence-corrected chi connectivity index (χ4v) is 4.53. The second-order valence-corrected chi connectivity index (χ2v) is 6.81. The van der Waals surface area contributed by atoms with Crippen molar-refractivity contribution in [2.75, 3.05) is 26.2 Å². The molecule has 2 heteroatoms. The van der Waals surface area contributed by atoms with Crippen LogP contribution in [0.15, 0.2) is 36.4 Å². The molecule has 114 valence electrons. The molecule has 0 amide bonds. The van der Waals surface area contributed by atoms with E-state index in [9.17, 15) is 5.11 Å². The number of aliphatic hydroxyl groups is 1. The summed E-state index contributed by atoms with van der Waals surface area (Å²) in [5.74, 6) is 0.532. The number of quaternary nitrogens is 1. The Balaban J connectivity index is 1.72. The molecule has 2 fully saturated rings. The van der Waals surface area contributed by atoms with E-state index in [0.29, 0.717) is 18.6 Å². The lowest BCUT2D eigenvalue weighted by atomic mass is 9.81. The first-order chi connectivity index (χ1) is 10.3. The quantitative estimate of drug-likeness (QED) is 0.840. The fraction of sp³-hybridized carbons (Fsp3) is 0.579. The Hall–Kier alpha value is -1.12. The zero-order valence-electron chi connectivity index (χ0n) is 13.0. The van der Waals surface area contributed by atoms with Crippen molar-refractivity contribution in [1.29, 1.82) is 0 Å². The first-order valence-electron chi connectivity index (χ1n) is 8.52. The molecule has 21 heavy (non-hydrogen) atoms. The highest BCUT2D eigenvalue weighted by Gasteiger charge is 2.45. The van der Waals surface area contributed by atoms with Crippen LogP contribution in [0.3, 0.4) is 0 Å². The van der Waals surface area contributed by atoms with Crippen LogP contribution in [0.2, 0.25) is 0 Å². The highest BCUT2D eigenvalue weighted by molar-refractivity contribution is 5.48. The smallest absolute Gasteiger partial charge is 0.0979 e. The molecule has 3 atom stereocenters. The Morgan fingerprint density at radius 2 is 1.86 bits per heavy atom. The lowest BCUT2D eigenvalue weighted by Gasteiger charge is -2.53. The van der Waals surface area contributed by atoms with Crippen molar-refractivity contribution >= 4 is 6.08 Å². The van der Waals surface area contributed by atoms with Crippen molar-refractivity contribution in [2.24, 2.45) is 5.92 Å².